The zero-order valence-corrected chi connectivity index (χ0v) is 12.1. The number of halogens is 1. The molecule has 4 rings (SSSR count). The van der Waals surface area contributed by atoms with E-state index in [1.807, 2.05) is 6.92 Å². The Morgan fingerprint density at radius 1 is 1.27 bits per heavy atom. The molecule has 1 N–H and O–H groups in total. The Kier molecular flexibility index (Phi) is 2.89. The summed E-state index contributed by atoms with van der Waals surface area (Å²) >= 11 is 0. The van der Waals surface area contributed by atoms with Crippen LogP contribution in [0.2, 0.25) is 0 Å². The largest absolute Gasteiger partial charge is 0.338 e. The van der Waals surface area contributed by atoms with Gasteiger partial charge in [0.1, 0.15) is 5.82 Å². The van der Waals surface area contributed by atoms with Crippen molar-refractivity contribution in [3.8, 4) is 0 Å². The monoisotopic (exact) mass is 298 g/mol. The minimum atomic E-state index is -0.288. The highest BCUT2D eigenvalue weighted by atomic mass is 19.1. The Labute approximate surface area is 127 Å². The van der Waals surface area contributed by atoms with Crippen LogP contribution in [0.5, 0.6) is 0 Å². The van der Waals surface area contributed by atoms with Gasteiger partial charge < -0.3 is 9.84 Å². The van der Waals surface area contributed by atoms with E-state index in [1.165, 1.54) is 12.1 Å². The molecule has 1 atom stereocenters. The van der Waals surface area contributed by atoms with Gasteiger partial charge in [0.2, 0.25) is 5.88 Å². The number of anilines is 1. The summed E-state index contributed by atoms with van der Waals surface area (Å²) in [5.41, 5.74) is 4.20. The van der Waals surface area contributed by atoms with Crippen molar-refractivity contribution in [1.82, 2.24) is 5.16 Å². The number of carbonyl (C=O) groups excluding carboxylic acids is 1. The zero-order chi connectivity index (χ0) is 15.3. The molecule has 2 heterocycles. The SMILES string of the molecule is Cc1noc2c1[C@H](c1ccc(F)cc1)C1=C(CCCC1=O)N2. The summed E-state index contributed by atoms with van der Waals surface area (Å²) < 4.78 is 18.6. The first kappa shape index (κ1) is 13.2. The van der Waals surface area contributed by atoms with Crippen molar-refractivity contribution < 1.29 is 13.7 Å². The Hall–Kier alpha value is -2.43. The summed E-state index contributed by atoms with van der Waals surface area (Å²) in [6.07, 6.45) is 2.21. The lowest BCUT2D eigenvalue weighted by Crippen LogP contribution is -2.26. The number of Topliss-reactive ketones (excluding diaryl/α,β-unsaturated/α-hetero) is 1. The number of rotatable bonds is 1. The quantitative estimate of drug-likeness (QED) is 0.872. The number of ketones is 1. The number of carbonyl (C=O) groups is 1. The van der Waals surface area contributed by atoms with Gasteiger partial charge in [-0.2, -0.15) is 0 Å². The van der Waals surface area contributed by atoms with Crippen LogP contribution >= 0.6 is 0 Å². The van der Waals surface area contributed by atoms with E-state index >= 15 is 0 Å². The lowest BCUT2D eigenvalue weighted by atomic mass is 9.76. The molecule has 22 heavy (non-hydrogen) atoms. The maximum absolute atomic E-state index is 13.3. The van der Waals surface area contributed by atoms with Crippen LogP contribution in [-0.2, 0) is 4.79 Å². The molecular formula is C17H15FN2O2. The van der Waals surface area contributed by atoms with Crippen LogP contribution in [0.3, 0.4) is 0 Å². The van der Waals surface area contributed by atoms with Gasteiger partial charge in [0, 0.05) is 23.6 Å². The molecule has 0 unspecified atom stereocenters. The Balaban J connectivity index is 1.94. The van der Waals surface area contributed by atoms with Gasteiger partial charge in [-0.1, -0.05) is 17.3 Å². The summed E-state index contributed by atoms with van der Waals surface area (Å²) in [4.78, 5) is 12.5. The van der Waals surface area contributed by atoms with Crippen molar-refractivity contribution in [2.24, 2.45) is 0 Å². The van der Waals surface area contributed by atoms with E-state index in [0.717, 1.165) is 40.9 Å². The van der Waals surface area contributed by atoms with Gasteiger partial charge in [0.25, 0.3) is 0 Å². The van der Waals surface area contributed by atoms with E-state index < -0.39 is 0 Å². The highest BCUT2D eigenvalue weighted by Gasteiger charge is 2.38. The second kappa shape index (κ2) is 4.80. The molecule has 0 saturated carbocycles. The summed E-state index contributed by atoms with van der Waals surface area (Å²) in [7, 11) is 0. The third-order valence-corrected chi connectivity index (χ3v) is 4.41. The van der Waals surface area contributed by atoms with Crippen LogP contribution in [-0.4, -0.2) is 10.9 Å². The minimum absolute atomic E-state index is 0.148. The second-order valence-electron chi connectivity index (χ2n) is 5.79. The van der Waals surface area contributed by atoms with Crippen LogP contribution in [0.25, 0.3) is 0 Å². The molecule has 1 aromatic heterocycles. The molecule has 1 aromatic carbocycles. The number of hydrogen-bond donors (Lipinski definition) is 1. The molecule has 4 nitrogen and oxygen atoms in total. The smallest absolute Gasteiger partial charge is 0.233 e. The summed E-state index contributed by atoms with van der Waals surface area (Å²) in [6.45, 7) is 1.86. The number of allylic oxidation sites excluding steroid dienone is 2. The van der Waals surface area contributed by atoms with Gasteiger partial charge in [-0.05, 0) is 37.5 Å². The molecular weight excluding hydrogens is 283 g/mol. The summed E-state index contributed by atoms with van der Waals surface area (Å²) in [6, 6.07) is 6.31. The molecule has 0 amide bonds. The molecule has 1 aliphatic heterocycles. The number of hydrogen-bond acceptors (Lipinski definition) is 4. The fourth-order valence-electron chi connectivity index (χ4n) is 3.41. The minimum Gasteiger partial charge on any atom is -0.338 e. The maximum Gasteiger partial charge on any atom is 0.233 e. The standard InChI is InChI=1S/C17H15FN2O2/c1-9-14-15(10-5-7-11(18)8-6-10)16-12(3-2-4-13(16)21)19-17(14)22-20-9/h5-8,15,19H,2-4H2,1H3/t15-/m0/s1. The number of benzene rings is 1. The normalized spacial score (nSPS) is 20.5. The highest BCUT2D eigenvalue weighted by molar-refractivity contribution is 6.00. The van der Waals surface area contributed by atoms with Crippen LogP contribution < -0.4 is 5.32 Å². The van der Waals surface area contributed by atoms with Crippen molar-refractivity contribution in [2.45, 2.75) is 32.1 Å². The van der Waals surface area contributed by atoms with E-state index in [1.54, 1.807) is 12.1 Å². The molecule has 0 fully saturated rings. The first-order valence-electron chi connectivity index (χ1n) is 7.40. The Morgan fingerprint density at radius 3 is 2.82 bits per heavy atom. The molecule has 5 heteroatoms. The molecule has 0 spiro atoms. The Morgan fingerprint density at radius 2 is 2.05 bits per heavy atom. The first-order chi connectivity index (χ1) is 10.6. The number of fused-ring (bicyclic) bond motifs is 1. The van der Waals surface area contributed by atoms with Crippen molar-refractivity contribution in [2.75, 3.05) is 5.32 Å². The van der Waals surface area contributed by atoms with E-state index in [0.29, 0.717) is 12.3 Å². The highest BCUT2D eigenvalue weighted by Crippen LogP contribution is 2.46. The number of nitrogens with zero attached hydrogens (tertiary/aromatic N) is 1. The summed E-state index contributed by atoms with van der Waals surface area (Å²) in [5, 5.41) is 7.24. The van der Waals surface area contributed by atoms with Crippen molar-refractivity contribution in [1.29, 1.82) is 0 Å². The average Bonchev–Trinajstić information content (AvgIpc) is 2.88. The van der Waals surface area contributed by atoms with Crippen LogP contribution in [0.4, 0.5) is 10.3 Å². The molecule has 0 bridgehead atoms. The van der Waals surface area contributed by atoms with E-state index in [9.17, 15) is 9.18 Å². The van der Waals surface area contributed by atoms with E-state index in [4.69, 9.17) is 4.52 Å². The summed E-state index contributed by atoms with van der Waals surface area (Å²) in [5.74, 6) is 0.227. The molecule has 1 aliphatic carbocycles. The number of nitrogens with one attached hydrogen (secondary N) is 1. The first-order valence-corrected chi connectivity index (χ1v) is 7.40. The van der Waals surface area contributed by atoms with E-state index in [-0.39, 0.29) is 17.5 Å². The third kappa shape index (κ3) is 1.89. The topological polar surface area (TPSA) is 55.1 Å². The van der Waals surface area contributed by atoms with E-state index in [2.05, 4.69) is 10.5 Å². The number of aromatic nitrogens is 1. The molecule has 0 radical (unpaired) electrons. The maximum atomic E-state index is 13.3. The van der Waals surface area contributed by atoms with Crippen LogP contribution in [0.1, 0.15) is 42.0 Å². The Bertz CT molecular complexity index is 789. The fraction of sp³-hybridized carbons (Fsp3) is 0.294. The van der Waals surface area contributed by atoms with Crippen molar-refractivity contribution in [3.05, 3.63) is 58.2 Å². The molecule has 2 aromatic rings. The fourth-order valence-corrected chi connectivity index (χ4v) is 3.41. The lowest BCUT2D eigenvalue weighted by Gasteiger charge is -2.31. The van der Waals surface area contributed by atoms with Crippen LogP contribution in [0, 0.1) is 12.7 Å². The van der Waals surface area contributed by atoms with Gasteiger partial charge in [0.15, 0.2) is 5.78 Å². The molecule has 2 aliphatic rings. The molecule has 0 saturated heterocycles. The van der Waals surface area contributed by atoms with Crippen LogP contribution in [0.15, 0.2) is 40.1 Å². The van der Waals surface area contributed by atoms with Gasteiger partial charge in [-0.15, -0.1) is 0 Å². The molecule has 112 valence electrons. The average molecular weight is 298 g/mol. The van der Waals surface area contributed by atoms with Gasteiger partial charge in [0.05, 0.1) is 11.3 Å². The second-order valence-corrected chi connectivity index (χ2v) is 5.79. The van der Waals surface area contributed by atoms with Gasteiger partial charge in [-0.25, -0.2) is 4.39 Å². The predicted molar refractivity (Wildman–Crippen MR) is 79.0 cm³/mol. The van der Waals surface area contributed by atoms with Gasteiger partial charge in [-0.3, -0.25) is 4.79 Å². The van der Waals surface area contributed by atoms with Crippen molar-refractivity contribution in [3.63, 3.8) is 0 Å². The zero-order valence-electron chi connectivity index (χ0n) is 12.1. The lowest BCUT2D eigenvalue weighted by molar-refractivity contribution is -0.116. The van der Waals surface area contributed by atoms with Gasteiger partial charge >= 0.3 is 0 Å². The predicted octanol–water partition coefficient (Wildman–Crippen LogP) is 3.69. The third-order valence-electron chi connectivity index (χ3n) is 4.41. The number of aryl methyl sites for hydroxylation is 1. The van der Waals surface area contributed by atoms with Crippen molar-refractivity contribution >= 4 is 11.7 Å².